The number of nitrogens with zero attached hydrogens (tertiary/aromatic N) is 4. The number of aryl methyl sites for hydroxylation is 2. The Hall–Kier alpha value is -3.59. The van der Waals surface area contributed by atoms with Gasteiger partial charge in [-0.25, -0.2) is 9.67 Å². The van der Waals surface area contributed by atoms with Gasteiger partial charge < -0.3 is 0 Å². The van der Waals surface area contributed by atoms with Gasteiger partial charge in [0.1, 0.15) is 5.69 Å². The maximum Gasteiger partial charge on any atom is 0.288 e. The van der Waals surface area contributed by atoms with Gasteiger partial charge in [0.15, 0.2) is 5.65 Å². The zero-order valence-electron chi connectivity index (χ0n) is 17.6. The molecule has 0 radical (unpaired) electrons. The van der Waals surface area contributed by atoms with Crippen LogP contribution in [0.25, 0.3) is 22.3 Å². The first kappa shape index (κ1) is 20.7. The van der Waals surface area contributed by atoms with E-state index in [-0.39, 0.29) is 11.7 Å². The molecule has 0 aliphatic rings. The number of thiophene rings is 1. The quantitative estimate of drug-likeness (QED) is 0.475. The number of nitrogens with one attached hydrogen (secondary N) is 2. The molecule has 4 aromatic rings. The lowest BCUT2D eigenvalue weighted by Gasteiger charge is -2.11. The molecule has 2 N–H and O–H groups in total. The van der Waals surface area contributed by atoms with Gasteiger partial charge in [0.2, 0.25) is 0 Å². The minimum absolute atomic E-state index is 0.0744. The third-order valence-electron chi connectivity index (χ3n) is 4.80. The van der Waals surface area contributed by atoms with E-state index in [9.17, 15) is 9.59 Å². The first-order valence-corrected chi connectivity index (χ1v) is 10.6. The number of hydrogen-bond acceptors (Lipinski definition) is 6. The van der Waals surface area contributed by atoms with E-state index >= 15 is 0 Å². The fourth-order valence-electron chi connectivity index (χ4n) is 3.35. The zero-order chi connectivity index (χ0) is 22.1. The fraction of sp³-hybridized carbons (Fsp3) is 0.227. The SMILES string of the molecule is Cc1cc(-c2cc(C(=O)NNC(=O)c3ccccn3)c3cnn(C(C)C)c3n2)c(C)s1. The van der Waals surface area contributed by atoms with E-state index in [0.29, 0.717) is 22.3 Å². The number of pyridine rings is 2. The Morgan fingerprint density at radius 3 is 2.52 bits per heavy atom. The van der Waals surface area contributed by atoms with Crippen LogP contribution in [0.4, 0.5) is 0 Å². The third-order valence-corrected chi connectivity index (χ3v) is 5.77. The van der Waals surface area contributed by atoms with Gasteiger partial charge in [-0.2, -0.15) is 5.10 Å². The molecule has 0 unspecified atom stereocenters. The minimum atomic E-state index is -0.498. The van der Waals surface area contributed by atoms with Gasteiger partial charge in [-0.15, -0.1) is 11.3 Å². The van der Waals surface area contributed by atoms with Crippen LogP contribution < -0.4 is 10.9 Å². The Bertz CT molecular complexity index is 1280. The predicted octanol–water partition coefficient (Wildman–Crippen LogP) is 3.83. The molecule has 4 rings (SSSR count). The van der Waals surface area contributed by atoms with E-state index in [1.54, 1.807) is 46.5 Å². The van der Waals surface area contributed by atoms with E-state index < -0.39 is 11.8 Å². The molecular weight excluding hydrogens is 412 g/mol. The van der Waals surface area contributed by atoms with Crippen LogP contribution in [0.1, 0.15) is 50.5 Å². The van der Waals surface area contributed by atoms with Crippen molar-refractivity contribution >= 4 is 34.2 Å². The lowest BCUT2D eigenvalue weighted by molar-refractivity contribution is 0.0845. The maximum absolute atomic E-state index is 13.0. The van der Waals surface area contributed by atoms with E-state index in [1.165, 1.54) is 11.1 Å². The second-order valence-corrected chi connectivity index (χ2v) is 8.89. The maximum atomic E-state index is 13.0. The number of carbonyl (C=O) groups excluding carboxylic acids is 2. The van der Waals surface area contributed by atoms with Gasteiger partial charge in [-0.05, 0) is 52.0 Å². The van der Waals surface area contributed by atoms with Crippen molar-refractivity contribution in [1.29, 1.82) is 0 Å². The number of aromatic nitrogens is 4. The van der Waals surface area contributed by atoms with Crippen molar-refractivity contribution in [3.05, 3.63) is 63.7 Å². The molecule has 9 heteroatoms. The second kappa shape index (κ2) is 8.27. The molecule has 0 fully saturated rings. The highest BCUT2D eigenvalue weighted by Gasteiger charge is 2.20. The molecule has 0 bridgehead atoms. The van der Waals surface area contributed by atoms with Gasteiger partial charge in [-0.1, -0.05) is 6.07 Å². The average molecular weight is 435 g/mol. The van der Waals surface area contributed by atoms with Crippen LogP contribution in [-0.2, 0) is 0 Å². The Morgan fingerprint density at radius 1 is 1.10 bits per heavy atom. The van der Waals surface area contributed by atoms with Crippen molar-refractivity contribution < 1.29 is 9.59 Å². The molecule has 0 aliphatic heterocycles. The van der Waals surface area contributed by atoms with E-state index in [0.717, 1.165) is 10.4 Å². The molecule has 0 aliphatic carbocycles. The lowest BCUT2D eigenvalue weighted by atomic mass is 10.1. The Labute approximate surface area is 183 Å². The standard InChI is InChI=1S/C22H22N6O2S/c1-12(2)28-20-17(11-24-28)16(10-19(25-20)15-9-13(3)31-14(15)4)21(29)26-27-22(30)18-7-5-6-8-23-18/h5-12H,1-4H3,(H,26,29)(H,27,30). The Balaban J connectivity index is 1.72. The number of rotatable bonds is 4. The Morgan fingerprint density at radius 2 is 1.87 bits per heavy atom. The van der Waals surface area contributed by atoms with Gasteiger partial charge in [-0.3, -0.25) is 25.4 Å². The van der Waals surface area contributed by atoms with Gasteiger partial charge in [0.05, 0.1) is 22.8 Å². The predicted molar refractivity (Wildman–Crippen MR) is 120 cm³/mol. The molecular formula is C22H22N6O2S. The highest BCUT2D eigenvalue weighted by Crippen LogP contribution is 2.32. The van der Waals surface area contributed by atoms with Gasteiger partial charge >= 0.3 is 0 Å². The molecule has 158 valence electrons. The summed E-state index contributed by atoms with van der Waals surface area (Å²) in [6.07, 6.45) is 3.15. The van der Waals surface area contributed by atoms with Crippen LogP contribution in [0.2, 0.25) is 0 Å². The monoisotopic (exact) mass is 434 g/mol. The normalized spacial score (nSPS) is 11.1. The van der Waals surface area contributed by atoms with Crippen molar-refractivity contribution in [2.45, 2.75) is 33.7 Å². The molecule has 8 nitrogen and oxygen atoms in total. The zero-order valence-corrected chi connectivity index (χ0v) is 18.4. The van der Waals surface area contributed by atoms with E-state index in [4.69, 9.17) is 4.98 Å². The van der Waals surface area contributed by atoms with Gasteiger partial charge in [0, 0.05) is 27.6 Å². The van der Waals surface area contributed by atoms with Crippen LogP contribution in [-0.4, -0.2) is 31.6 Å². The summed E-state index contributed by atoms with van der Waals surface area (Å²) in [5.41, 5.74) is 7.79. The van der Waals surface area contributed by atoms with Gasteiger partial charge in [0.25, 0.3) is 11.8 Å². The molecule has 0 spiro atoms. The number of hydrazine groups is 1. The number of carbonyl (C=O) groups is 2. The molecule has 0 aromatic carbocycles. The summed E-state index contributed by atoms with van der Waals surface area (Å²) in [5, 5.41) is 5.04. The molecule has 4 aromatic heterocycles. The number of hydrogen-bond donors (Lipinski definition) is 2. The van der Waals surface area contributed by atoms with Crippen LogP contribution in [0, 0.1) is 13.8 Å². The van der Waals surface area contributed by atoms with Crippen molar-refractivity contribution in [2.75, 3.05) is 0 Å². The van der Waals surface area contributed by atoms with Crippen molar-refractivity contribution in [3.8, 4) is 11.3 Å². The summed E-state index contributed by atoms with van der Waals surface area (Å²) >= 11 is 1.68. The Kier molecular flexibility index (Phi) is 5.51. The molecule has 4 heterocycles. The summed E-state index contributed by atoms with van der Waals surface area (Å²) in [6.45, 7) is 8.09. The lowest BCUT2D eigenvalue weighted by Crippen LogP contribution is -2.42. The highest BCUT2D eigenvalue weighted by molar-refractivity contribution is 7.12. The van der Waals surface area contributed by atoms with Crippen LogP contribution in [0.15, 0.2) is 42.7 Å². The smallest absolute Gasteiger partial charge is 0.267 e. The molecule has 0 saturated carbocycles. The first-order valence-electron chi connectivity index (χ1n) is 9.82. The second-order valence-electron chi connectivity index (χ2n) is 7.43. The fourth-order valence-corrected chi connectivity index (χ4v) is 4.28. The molecule has 0 atom stereocenters. The van der Waals surface area contributed by atoms with Crippen molar-refractivity contribution in [2.24, 2.45) is 0 Å². The molecule has 0 saturated heterocycles. The molecule has 2 amide bonds. The average Bonchev–Trinajstić information content (AvgIpc) is 3.34. The summed E-state index contributed by atoms with van der Waals surface area (Å²) in [6, 6.07) is 8.86. The third kappa shape index (κ3) is 4.04. The summed E-state index contributed by atoms with van der Waals surface area (Å²) in [7, 11) is 0. The van der Waals surface area contributed by atoms with Crippen LogP contribution in [0.3, 0.4) is 0 Å². The van der Waals surface area contributed by atoms with Crippen LogP contribution in [0.5, 0.6) is 0 Å². The minimum Gasteiger partial charge on any atom is -0.267 e. The van der Waals surface area contributed by atoms with E-state index in [1.807, 2.05) is 27.7 Å². The van der Waals surface area contributed by atoms with Crippen molar-refractivity contribution in [3.63, 3.8) is 0 Å². The summed E-state index contributed by atoms with van der Waals surface area (Å²) in [4.78, 5) is 36.4. The van der Waals surface area contributed by atoms with E-state index in [2.05, 4.69) is 27.0 Å². The van der Waals surface area contributed by atoms with Crippen LogP contribution >= 0.6 is 11.3 Å². The highest BCUT2D eigenvalue weighted by atomic mass is 32.1. The topological polar surface area (TPSA) is 102 Å². The summed E-state index contributed by atoms with van der Waals surface area (Å²) < 4.78 is 1.79. The summed E-state index contributed by atoms with van der Waals surface area (Å²) in [5.74, 6) is -0.951. The van der Waals surface area contributed by atoms with Crippen molar-refractivity contribution in [1.82, 2.24) is 30.6 Å². The number of fused-ring (bicyclic) bond motifs is 1. The first-order chi connectivity index (χ1) is 14.8. The largest absolute Gasteiger partial charge is 0.288 e. The molecule has 31 heavy (non-hydrogen) atoms. The number of amides is 2.